The number of halogens is 3. The molecule has 102 valence electrons. The largest absolute Gasteiger partial charge is 0.390 e. The van der Waals surface area contributed by atoms with Crippen molar-refractivity contribution in [3.05, 3.63) is 33.8 Å². The fraction of sp³-hybridized carbons (Fsp3) is 0.538. The molecule has 0 radical (unpaired) electrons. The minimum atomic E-state index is -1.22. The Hall–Kier alpha value is -0.520. The van der Waals surface area contributed by atoms with Crippen molar-refractivity contribution in [3.8, 4) is 0 Å². The molecule has 0 fully saturated rings. The molecule has 2 N–H and O–H groups in total. The highest BCUT2D eigenvalue weighted by Crippen LogP contribution is 2.27. The van der Waals surface area contributed by atoms with Crippen LogP contribution in [0.1, 0.15) is 26.3 Å². The van der Waals surface area contributed by atoms with E-state index >= 15 is 0 Å². The van der Waals surface area contributed by atoms with E-state index in [1.54, 1.807) is 20.8 Å². The maximum atomic E-state index is 13.7. The SMILES string of the molecule is CC(C)(C)C(O)C(O)Cc1c(F)ccc(Br)c1F. The Morgan fingerprint density at radius 2 is 1.78 bits per heavy atom. The minimum Gasteiger partial charge on any atom is -0.390 e. The topological polar surface area (TPSA) is 40.5 Å². The number of aliphatic hydroxyl groups excluding tert-OH is 2. The first-order valence-electron chi connectivity index (χ1n) is 5.63. The number of benzene rings is 1. The summed E-state index contributed by atoms with van der Waals surface area (Å²) in [4.78, 5) is 0. The highest BCUT2D eigenvalue weighted by Gasteiger charge is 2.30. The van der Waals surface area contributed by atoms with Gasteiger partial charge in [0.1, 0.15) is 11.6 Å². The second kappa shape index (κ2) is 5.63. The van der Waals surface area contributed by atoms with Crippen LogP contribution in [0.4, 0.5) is 8.78 Å². The summed E-state index contributed by atoms with van der Waals surface area (Å²) in [6.45, 7) is 5.23. The molecule has 0 amide bonds. The zero-order valence-electron chi connectivity index (χ0n) is 10.5. The number of rotatable bonds is 3. The first kappa shape index (κ1) is 15.5. The predicted molar refractivity (Wildman–Crippen MR) is 69.2 cm³/mol. The molecule has 0 spiro atoms. The maximum absolute atomic E-state index is 13.7. The molecule has 2 nitrogen and oxygen atoms in total. The van der Waals surface area contributed by atoms with E-state index in [2.05, 4.69) is 15.9 Å². The molecule has 1 aromatic carbocycles. The summed E-state index contributed by atoms with van der Waals surface area (Å²) in [5.41, 5.74) is -0.779. The van der Waals surface area contributed by atoms with Gasteiger partial charge in [0.05, 0.1) is 16.7 Å². The van der Waals surface area contributed by atoms with Gasteiger partial charge < -0.3 is 10.2 Å². The van der Waals surface area contributed by atoms with Crippen LogP contribution in [0.25, 0.3) is 0 Å². The molecule has 0 saturated heterocycles. The van der Waals surface area contributed by atoms with Crippen molar-refractivity contribution in [2.75, 3.05) is 0 Å². The van der Waals surface area contributed by atoms with Crippen LogP contribution >= 0.6 is 15.9 Å². The molecule has 5 heteroatoms. The summed E-state index contributed by atoms with van der Waals surface area (Å²) in [6, 6.07) is 2.39. The van der Waals surface area contributed by atoms with Crippen LogP contribution in [0.15, 0.2) is 16.6 Å². The molecular formula is C13H17BrF2O2. The Bertz CT molecular complexity index is 430. The molecule has 2 unspecified atom stereocenters. The van der Waals surface area contributed by atoms with E-state index in [1.807, 2.05) is 0 Å². The lowest BCUT2D eigenvalue weighted by Gasteiger charge is -2.30. The van der Waals surface area contributed by atoms with E-state index in [0.717, 1.165) is 6.07 Å². The van der Waals surface area contributed by atoms with Gasteiger partial charge in [0.2, 0.25) is 0 Å². The van der Waals surface area contributed by atoms with Crippen molar-refractivity contribution in [2.24, 2.45) is 5.41 Å². The number of aliphatic hydroxyl groups is 2. The quantitative estimate of drug-likeness (QED) is 0.840. The Morgan fingerprint density at radius 1 is 1.22 bits per heavy atom. The van der Waals surface area contributed by atoms with Crippen LogP contribution in [0, 0.1) is 17.0 Å². The van der Waals surface area contributed by atoms with E-state index in [1.165, 1.54) is 6.07 Å². The van der Waals surface area contributed by atoms with Crippen molar-refractivity contribution in [3.63, 3.8) is 0 Å². The van der Waals surface area contributed by atoms with E-state index in [4.69, 9.17) is 0 Å². The third-order valence-electron chi connectivity index (χ3n) is 2.80. The van der Waals surface area contributed by atoms with Crippen molar-refractivity contribution >= 4 is 15.9 Å². The first-order valence-corrected chi connectivity index (χ1v) is 6.42. The van der Waals surface area contributed by atoms with E-state index in [9.17, 15) is 19.0 Å². The van der Waals surface area contributed by atoms with E-state index < -0.39 is 29.3 Å². The summed E-state index contributed by atoms with van der Waals surface area (Å²) in [5, 5.41) is 19.7. The van der Waals surface area contributed by atoms with Crippen LogP contribution in [0.3, 0.4) is 0 Å². The fourth-order valence-electron chi connectivity index (χ4n) is 1.65. The molecular weight excluding hydrogens is 306 g/mol. The van der Waals surface area contributed by atoms with E-state index in [-0.39, 0.29) is 16.5 Å². The van der Waals surface area contributed by atoms with Crippen molar-refractivity contribution in [2.45, 2.75) is 39.4 Å². The molecule has 0 aliphatic heterocycles. The Labute approximate surface area is 114 Å². The van der Waals surface area contributed by atoms with Crippen molar-refractivity contribution in [1.82, 2.24) is 0 Å². The zero-order valence-corrected chi connectivity index (χ0v) is 12.1. The summed E-state index contributed by atoms with van der Waals surface area (Å²) in [7, 11) is 0. The number of hydrogen-bond acceptors (Lipinski definition) is 2. The molecule has 0 aliphatic rings. The minimum absolute atomic E-state index is 0.136. The van der Waals surface area contributed by atoms with Crippen LogP contribution in [-0.2, 0) is 6.42 Å². The van der Waals surface area contributed by atoms with Gasteiger partial charge >= 0.3 is 0 Å². The molecule has 0 saturated carbocycles. The van der Waals surface area contributed by atoms with Gasteiger partial charge in [-0.1, -0.05) is 20.8 Å². The molecule has 18 heavy (non-hydrogen) atoms. The van der Waals surface area contributed by atoms with Crippen LogP contribution < -0.4 is 0 Å². The highest BCUT2D eigenvalue weighted by atomic mass is 79.9. The fourth-order valence-corrected chi connectivity index (χ4v) is 2.03. The number of hydrogen-bond donors (Lipinski definition) is 2. The zero-order chi connectivity index (χ0) is 14.1. The Morgan fingerprint density at radius 3 is 2.28 bits per heavy atom. The molecule has 2 atom stereocenters. The summed E-state index contributed by atoms with van der Waals surface area (Å²) < 4.78 is 27.3. The normalized spacial score (nSPS) is 15.6. The second-order valence-corrected chi connectivity index (χ2v) is 6.26. The highest BCUT2D eigenvalue weighted by molar-refractivity contribution is 9.10. The van der Waals surface area contributed by atoms with Gasteiger partial charge in [0.15, 0.2) is 0 Å². The maximum Gasteiger partial charge on any atom is 0.143 e. The second-order valence-electron chi connectivity index (χ2n) is 5.40. The Kier molecular flexibility index (Phi) is 4.86. The molecule has 0 heterocycles. The van der Waals surface area contributed by atoms with Crippen molar-refractivity contribution < 1.29 is 19.0 Å². The van der Waals surface area contributed by atoms with Gasteiger partial charge in [-0.2, -0.15) is 0 Å². The van der Waals surface area contributed by atoms with Gasteiger partial charge in [0.25, 0.3) is 0 Å². The average Bonchev–Trinajstić information content (AvgIpc) is 2.27. The lowest BCUT2D eigenvalue weighted by Crippen LogP contribution is -2.39. The van der Waals surface area contributed by atoms with Gasteiger partial charge in [-0.3, -0.25) is 0 Å². The van der Waals surface area contributed by atoms with Gasteiger partial charge in [-0.25, -0.2) is 8.78 Å². The average molecular weight is 323 g/mol. The molecule has 0 aromatic heterocycles. The first-order chi connectivity index (χ1) is 8.14. The third-order valence-corrected chi connectivity index (χ3v) is 3.42. The van der Waals surface area contributed by atoms with Gasteiger partial charge in [0, 0.05) is 12.0 Å². The van der Waals surface area contributed by atoms with Gasteiger partial charge in [-0.15, -0.1) is 0 Å². The monoisotopic (exact) mass is 322 g/mol. The van der Waals surface area contributed by atoms with E-state index in [0.29, 0.717) is 0 Å². The van der Waals surface area contributed by atoms with Crippen molar-refractivity contribution in [1.29, 1.82) is 0 Å². The summed E-state index contributed by atoms with van der Waals surface area (Å²) in [6.07, 6.45) is -2.55. The predicted octanol–water partition coefficient (Wildman–Crippen LogP) is 3.04. The van der Waals surface area contributed by atoms with Crippen LogP contribution in [-0.4, -0.2) is 22.4 Å². The molecule has 0 bridgehead atoms. The Balaban J connectivity index is 2.95. The molecule has 0 aliphatic carbocycles. The van der Waals surface area contributed by atoms with Crippen LogP contribution in [0.2, 0.25) is 0 Å². The molecule has 1 rings (SSSR count). The third kappa shape index (κ3) is 3.49. The lowest BCUT2D eigenvalue weighted by molar-refractivity contribution is -0.0440. The summed E-state index contributed by atoms with van der Waals surface area (Å²) in [5.74, 6) is -1.47. The smallest absolute Gasteiger partial charge is 0.143 e. The van der Waals surface area contributed by atoms with Crippen LogP contribution in [0.5, 0.6) is 0 Å². The molecule has 1 aromatic rings. The standard InChI is InChI=1S/C13H17BrF2O2/c1-13(2,3)12(18)10(17)6-7-9(15)5-4-8(14)11(7)16/h4-5,10,12,17-18H,6H2,1-3H3. The summed E-state index contributed by atoms with van der Waals surface area (Å²) >= 11 is 2.96. The lowest BCUT2D eigenvalue weighted by atomic mass is 9.84. The van der Waals surface area contributed by atoms with Gasteiger partial charge in [-0.05, 0) is 33.5 Å².